The number of carbonyl (C=O) groups is 1. The molecule has 23 heavy (non-hydrogen) atoms. The number of hydrogen-bond donors (Lipinski definition) is 0. The first-order valence-electron chi connectivity index (χ1n) is 8.19. The van der Waals surface area contributed by atoms with Gasteiger partial charge in [-0.2, -0.15) is 0 Å². The second kappa shape index (κ2) is 6.72. The van der Waals surface area contributed by atoms with E-state index in [-0.39, 0.29) is 12.1 Å². The lowest BCUT2D eigenvalue weighted by Crippen LogP contribution is -2.44. The zero-order chi connectivity index (χ0) is 17.2. The number of anilines is 1. The fraction of sp³-hybridized carbons (Fsp3) is 0.706. The highest BCUT2D eigenvalue weighted by molar-refractivity contribution is 5.69. The maximum absolute atomic E-state index is 12.4. The van der Waals surface area contributed by atoms with Gasteiger partial charge in [0.1, 0.15) is 5.60 Å². The average molecular weight is 320 g/mol. The molecule has 6 heteroatoms. The van der Waals surface area contributed by atoms with Crippen molar-refractivity contribution in [2.24, 2.45) is 0 Å². The average Bonchev–Trinajstić information content (AvgIpc) is 2.83. The lowest BCUT2D eigenvalue weighted by atomic mass is 10.2. The van der Waals surface area contributed by atoms with Gasteiger partial charge in [-0.3, -0.25) is 0 Å². The van der Waals surface area contributed by atoms with Crippen LogP contribution in [0.15, 0.2) is 6.07 Å². The van der Waals surface area contributed by atoms with Crippen LogP contribution in [0.3, 0.4) is 0 Å². The predicted octanol–water partition coefficient (Wildman–Crippen LogP) is 2.93. The van der Waals surface area contributed by atoms with Gasteiger partial charge in [0.25, 0.3) is 0 Å². The molecule has 1 saturated heterocycles. The maximum atomic E-state index is 12.4. The third-order valence-corrected chi connectivity index (χ3v) is 3.80. The Labute approximate surface area is 138 Å². The van der Waals surface area contributed by atoms with Crippen molar-refractivity contribution in [1.82, 2.24) is 14.9 Å². The molecule has 0 unspecified atom stereocenters. The molecule has 0 aromatic carbocycles. The molecule has 0 radical (unpaired) electrons. The van der Waals surface area contributed by atoms with E-state index >= 15 is 0 Å². The number of likely N-dealkylation sites (tertiary alicyclic amines) is 1. The normalized spacial score (nSPS) is 18.2. The Morgan fingerprint density at radius 2 is 1.96 bits per heavy atom. The van der Waals surface area contributed by atoms with Crippen LogP contribution in [0.2, 0.25) is 0 Å². The van der Waals surface area contributed by atoms with Crippen LogP contribution in [0, 0.1) is 13.8 Å². The summed E-state index contributed by atoms with van der Waals surface area (Å²) in [5, 5.41) is 0. The Bertz CT molecular complexity index is 548. The topological polar surface area (TPSA) is 58.6 Å². The van der Waals surface area contributed by atoms with Gasteiger partial charge in [-0.05, 0) is 53.5 Å². The largest absolute Gasteiger partial charge is 0.444 e. The van der Waals surface area contributed by atoms with Crippen molar-refractivity contribution in [1.29, 1.82) is 0 Å². The third kappa shape index (κ3) is 4.81. The Balaban J connectivity index is 2.04. The zero-order valence-corrected chi connectivity index (χ0v) is 15.1. The summed E-state index contributed by atoms with van der Waals surface area (Å²) in [5.41, 5.74) is 1.44. The van der Waals surface area contributed by atoms with Gasteiger partial charge < -0.3 is 14.5 Å². The van der Waals surface area contributed by atoms with Gasteiger partial charge in [0, 0.05) is 31.5 Å². The molecular formula is C17H28N4O2. The van der Waals surface area contributed by atoms with Crippen molar-refractivity contribution in [3.8, 4) is 0 Å². The van der Waals surface area contributed by atoms with Crippen LogP contribution in [-0.2, 0) is 4.74 Å². The molecule has 1 aliphatic heterocycles. The molecule has 6 nitrogen and oxygen atoms in total. The smallest absolute Gasteiger partial charge is 0.410 e. The number of aromatic nitrogens is 2. The Kier molecular flexibility index (Phi) is 5.12. The van der Waals surface area contributed by atoms with Crippen molar-refractivity contribution in [3.63, 3.8) is 0 Å². The first-order valence-corrected chi connectivity index (χ1v) is 8.19. The van der Waals surface area contributed by atoms with Crippen LogP contribution < -0.4 is 4.90 Å². The van der Waals surface area contributed by atoms with Gasteiger partial charge >= 0.3 is 6.09 Å². The van der Waals surface area contributed by atoms with Gasteiger partial charge in [0.15, 0.2) is 0 Å². The number of nitrogens with zero attached hydrogens (tertiary/aromatic N) is 4. The Morgan fingerprint density at radius 3 is 2.52 bits per heavy atom. The molecule has 1 aromatic heterocycles. The summed E-state index contributed by atoms with van der Waals surface area (Å²) in [5.74, 6) is 0.707. The molecular weight excluding hydrogens is 292 g/mol. The highest BCUT2D eigenvalue weighted by Crippen LogP contribution is 2.22. The first kappa shape index (κ1) is 17.5. The number of rotatable bonds is 3. The van der Waals surface area contributed by atoms with E-state index in [2.05, 4.69) is 9.97 Å². The van der Waals surface area contributed by atoms with E-state index in [9.17, 15) is 4.79 Å². The first-order chi connectivity index (χ1) is 10.7. The minimum atomic E-state index is -0.465. The Morgan fingerprint density at radius 1 is 1.35 bits per heavy atom. The summed E-state index contributed by atoms with van der Waals surface area (Å²) in [6.07, 6.45) is 1.76. The SMILES string of the molecule is Cc1cc(C)nc(N(C)C[C@@H]2CCCN2C(=O)OC(C)(C)C)n1. The fourth-order valence-electron chi connectivity index (χ4n) is 2.86. The van der Waals surface area contributed by atoms with Gasteiger partial charge in [-0.25, -0.2) is 14.8 Å². The number of aryl methyl sites for hydroxylation is 2. The van der Waals surface area contributed by atoms with E-state index in [1.54, 1.807) is 0 Å². The summed E-state index contributed by atoms with van der Waals surface area (Å²) in [6.45, 7) is 11.1. The summed E-state index contributed by atoms with van der Waals surface area (Å²) in [6, 6.07) is 2.10. The fourth-order valence-corrected chi connectivity index (χ4v) is 2.86. The molecule has 0 spiro atoms. The molecule has 2 heterocycles. The standard InChI is InChI=1S/C17H28N4O2/c1-12-10-13(2)19-15(18-12)20(6)11-14-8-7-9-21(14)16(22)23-17(3,4)5/h10,14H,7-9,11H2,1-6H3/t14-/m0/s1. The molecule has 2 rings (SSSR count). The highest BCUT2D eigenvalue weighted by atomic mass is 16.6. The molecule has 0 bridgehead atoms. The Hall–Kier alpha value is -1.85. The minimum absolute atomic E-state index is 0.138. The lowest BCUT2D eigenvalue weighted by molar-refractivity contribution is 0.0231. The number of hydrogen-bond acceptors (Lipinski definition) is 5. The molecule has 1 amide bonds. The van der Waals surface area contributed by atoms with Gasteiger partial charge in [-0.15, -0.1) is 0 Å². The van der Waals surface area contributed by atoms with E-state index < -0.39 is 5.60 Å². The van der Waals surface area contributed by atoms with Gasteiger partial charge in [0.05, 0.1) is 6.04 Å². The second-order valence-corrected chi connectivity index (χ2v) is 7.30. The maximum Gasteiger partial charge on any atom is 0.410 e. The molecule has 1 aromatic rings. The highest BCUT2D eigenvalue weighted by Gasteiger charge is 2.33. The van der Waals surface area contributed by atoms with Crippen molar-refractivity contribution in [2.45, 2.75) is 59.1 Å². The van der Waals surface area contributed by atoms with E-state index in [1.165, 1.54) is 0 Å². The zero-order valence-electron chi connectivity index (χ0n) is 15.1. The number of amides is 1. The van der Waals surface area contributed by atoms with Crippen molar-refractivity contribution < 1.29 is 9.53 Å². The number of ether oxygens (including phenoxy) is 1. The van der Waals surface area contributed by atoms with Crippen LogP contribution in [0.4, 0.5) is 10.7 Å². The molecule has 0 saturated carbocycles. The monoisotopic (exact) mass is 320 g/mol. The number of carbonyl (C=O) groups excluding carboxylic acids is 1. The van der Waals surface area contributed by atoms with Crippen molar-refractivity contribution in [3.05, 3.63) is 17.5 Å². The molecule has 1 aliphatic rings. The van der Waals surface area contributed by atoms with Crippen LogP contribution >= 0.6 is 0 Å². The summed E-state index contributed by atoms with van der Waals surface area (Å²) < 4.78 is 5.51. The van der Waals surface area contributed by atoms with Gasteiger partial charge in [-0.1, -0.05) is 0 Å². The van der Waals surface area contributed by atoms with E-state index in [0.717, 1.165) is 30.8 Å². The molecule has 0 aliphatic carbocycles. The third-order valence-electron chi connectivity index (χ3n) is 3.80. The lowest BCUT2D eigenvalue weighted by Gasteiger charge is -2.31. The molecule has 128 valence electrons. The van der Waals surface area contributed by atoms with Gasteiger partial charge in [0.2, 0.25) is 5.95 Å². The van der Waals surface area contributed by atoms with Crippen LogP contribution in [-0.4, -0.2) is 52.7 Å². The van der Waals surface area contributed by atoms with Crippen LogP contribution in [0.25, 0.3) is 0 Å². The minimum Gasteiger partial charge on any atom is -0.444 e. The summed E-state index contributed by atoms with van der Waals surface area (Å²) in [7, 11) is 1.97. The van der Waals surface area contributed by atoms with Crippen LogP contribution in [0.5, 0.6) is 0 Å². The second-order valence-electron chi connectivity index (χ2n) is 7.30. The quantitative estimate of drug-likeness (QED) is 0.857. The molecule has 1 fully saturated rings. The van der Waals surface area contributed by atoms with Crippen molar-refractivity contribution >= 4 is 12.0 Å². The van der Waals surface area contributed by atoms with E-state index in [0.29, 0.717) is 12.5 Å². The van der Waals surface area contributed by atoms with Crippen molar-refractivity contribution in [2.75, 3.05) is 25.0 Å². The molecule has 1 atom stereocenters. The van der Waals surface area contributed by atoms with Crippen LogP contribution in [0.1, 0.15) is 45.0 Å². The van der Waals surface area contributed by atoms with E-state index in [1.807, 2.05) is 57.5 Å². The number of likely N-dealkylation sites (N-methyl/N-ethyl adjacent to an activating group) is 1. The van der Waals surface area contributed by atoms with E-state index in [4.69, 9.17) is 4.74 Å². The summed E-state index contributed by atoms with van der Waals surface area (Å²) in [4.78, 5) is 25.2. The molecule has 0 N–H and O–H groups in total. The predicted molar refractivity (Wildman–Crippen MR) is 90.7 cm³/mol. The summed E-state index contributed by atoms with van der Waals surface area (Å²) >= 11 is 0.